The molecule has 15 heavy (non-hydrogen) atoms. The van der Waals surface area contributed by atoms with Gasteiger partial charge in [-0.2, -0.15) is 0 Å². The summed E-state index contributed by atoms with van der Waals surface area (Å²) in [6.07, 6.45) is 11.4. The van der Waals surface area contributed by atoms with Crippen molar-refractivity contribution in [2.75, 3.05) is 0 Å². The smallest absolute Gasteiger partial charge is 0.00241 e. The van der Waals surface area contributed by atoms with Crippen LogP contribution in [0.2, 0.25) is 0 Å². The van der Waals surface area contributed by atoms with Crippen LogP contribution in [0.15, 0.2) is 23.8 Å². The maximum atomic E-state index is 2.53. The zero-order chi connectivity index (χ0) is 11.1. The predicted molar refractivity (Wildman–Crippen MR) is 66.7 cm³/mol. The third kappa shape index (κ3) is 1.68. The Labute approximate surface area is 94.5 Å². The van der Waals surface area contributed by atoms with Crippen molar-refractivity contribution in [3.05, 3.63) is 23.8 Å². The van der Waals surface area contributed by atoms with Gasteiger partial charge in [0.1, 0.15) is 0 Å². The van der Waals surface area contributed by atoms with E-state index < -0.39 is 0 Å². The van der Waals surface area contributed by atoms with Crippen LogP contribution in [0.4, 0.5) is 0 Å². The maximum absolute atomic E-state index is 2.53. The molecule has 3 atom stereocenters. The van der Waals surface area contributed by atoms with Gasteiger partial charge in [0.15, 0.2) is 0 Å². The second-order valence-corrected chi connectivity index (χ2v) is 5.93. The lowest BCUT2D eigenvalue weighted by Crippen LogP contribution is -2.32. The molecule has 0 unspecified atom stereocenters. The van der Waals surface area contributed by atoms with E-state index in [4.69, 9.17) is 0 Å². The standard InChI is InChI=1S/C15H24/c1-11(2)14-6-5-13(4)15(14)9-7-12(3)8-10-15/h7-9,11,13-14H,5-6,10H2,1-4H3/t13-,14+,15-/m0/s1. The van der Waals surface area contributed by atoms with Crippen molar-refractivity contribution >= 4 is 0 Å². The molecule has 1 saturated carbocycles. The first kappa shape index (κ1) is 11.0. The summed E-state index contributed by atoms with van der Waals surface area (Å²) >= 11 is 0. The highest BCUT2D eigenvalue weighted by molar-refractivity contribution is 5.27. The van der Waals surface area contributed by atoms with Gasteiger partial charge in [0.2, 0.25) is 0 Å². The molecule has 0 aliphatic heterocycles. The number of allylic oxidation sites excluding steroid dienone is 4. The Morgan fingerprint density at radius 1 is 1.33 bits per heavy atom. The summed E-state index contributed by atoms with van der Waals surface area (Å²) in [5.41, 5.74) is 1.94. The first-order chi connectivity index (χ1) is 7.06. The molecule has 0 radical (unpaired) electrons. The minimum Gasteiger partial charge on any atom is -0.0807 e. The zero-order valence-corrected chi connectivity index (χ0v) is 10.6. The van der Waals surface area contributed by atoms with Gasteiger partial charge in [0.25, 0.3) is 0 Å². The summed E-state index contributed by atoms with van der Waals surface area (Å²) in [5, 5.41) is 0. The van der Waals surface area contributed by atoms with Crippen LogP contribution in [-0.4, -0.2) is 0 Å². The van der Waals surface area contributed by atoms with Gasteiger partial charge in [-0.3, -0.25) is 0 Å². The van der Waals surface area contributed by atoms with E-state index in [9.17, 15) is 0 Å². The zero-order valence-electron chi connectivity index (χ0n) is 10.6. The van der Waals surface area contributed by atoms with Crippen LogP contribution in [0.3, 0.4) is 0 Å². The van der Waals surface area contributed by atoms with Crippen molar-refractivity contribution < 1.29 is 0 Å². The Morgan fingerprint density at radius 3 is 2.60 bits per heavy atom. The fraction of sp³-hybridized carbons (Fsp3) is 0.733. The van der Waals surface area contributed by atoms with Crippen molar-refractivity contribution in [3.63, 3.8) is 0 Å². The topological polar surface area (TPSA) is 0 Å². The maximum Gasteiger partial charge on any atom is -0.00241 e. The summed E-state index contributed by atoms with van der Waals surface area (Å²) in [6, 6.07) is 0. The van der Waals surface area contributed by atoms with Crippen LogP contribution >= 0.6 is 0 Å². The summed E-state index contributed by atoms with van der Waals surface area (Å²) in [5.74, 6) is 2.59. The lowest BCUT2D eigenvalue weighted by atomic mass is 9.65. The van der Waals surface area contributed by atoms with E-state index in [2.05, 4.69) is 45.9 Å². The molecule has 1 spiro atoms. The van der Waals surface area contributed by atoms with Crippen molar-refractivity contribution in [2.24, 2.45) is 23.2 Å². The number of rotatable bonds is 1. The van der Waals surface area contributed by atoms with E-state index in [1.54, 1.807) is 0 Å². The largest absolute Gasteiger partial charge is 0.0807 e. The molecule has 0 aromatic carbocycles. The molecular formula is C15H24. The first-order valence-corrected chi connectivity index (χ1v) is 6.42. The molecule has 0 heteroatoms. The van der Waals surface area contributed by atoms with Crippen LogP contribution in [0.5, 0.6) is 0 Å². The highest BCUT2D eigenvalue weighted by Gasteiger charge is 2.46. The molecule has 2 aliphatic rings. The summed E-state index contributed by atoms with van der Waals surface area (Å²) < 4.78 is 0. The van der Waals surface area contributed by atoms with Crippen molar-refractivity contribution in [1.82, 2.24) is 0 Å². The third-order valence-corrected chi connectivity index (χ3v) is 4.76. The Kier molecular flexibility index (Phi) is 2.79. The lowest BCUT2D eigenvalue weighted by molar-refractivity contribution is 0.168. The first-order valence-electron chi connectivity index (χ1n) is 6.42. The Morgan fingerprint density at radius 2 is 2.07 bits per heavy atom. The van der Waals surface area contributed by atoms with Crippen LogP contribution in [0, 0.1) is 23.2 Å². The molecule has 0 nitrogen and oxygen atoms in total. The lowest BCUT2D eigenvalue weighted by Gasteiger charge is -2.40. The van der Waals surface area contributed by atoms with Crippen molar-refractivity contribution in [1.29, 1.82) is 0 Å². The van der Waals surface area contributed by atoms with Crippen LogP contribution < -0.4 is 0 Å². The van der Waals surface area contributed by atoms with Gasteiger partial charge < -0.3 is 0 Å². The average Bonchev–Trinajstić information content (AvgIpc) is 2.50. The highest BCUT2D eigenvalue weighted by Crippen LogP contribution is 2.55. The van der Waals surface area contributed by atoms with Gasteiger partial charge in [0.05, 0.1) is 0 Å². The minimum absolute atomic E-state index is 0.494. The highest BCUT2D eigenvalue weighted by atomic mass is 14.5. The molecule has 0 bridgehead atoms. The number of hydrogen-bond donors (Lipinski definition) is 0. The Balaban J connectivity index is 2.28. The van der Waals surface area contributed by atoms with E-state index >= 15 is 0 Å². The average molecular weight is 204 g/mol. The molecule has 0 aromatic rings. The molecular weight excluding hydrogens is 180 g/mol. The second-order valence-electron chi connectivity index (χ2n) is 5.93. The molecule has 0 saturated heterocycles. The van der Waals surface area contributed by atoms with Gasteiger partial charge in [-0.15, -0.1) is 0 Å². The molecule has 2 aliphatic carbocycles. The van der Waals surface area contributed by atoms with E-state index in [1.807, 2.05) is 0 Å². The van der Waals surface area contributed by atoms with Crippen molar-refractivity contribution in [3.8, 4) is 0 Å². The van der Waals surface area contributed by atoms with E-state index in [1.165, 1.54) is 24.8 Å². The van der Waals surface area contributed by atoms with Gasteiger partial charge in [0, 0.05) is 0 Å². The Hall–Kier alpha value is -0.520. The van der Waals surface area contributed by atoms with Crippen molar-refractivity contribution in [2.45, 2.75) is 47.0 Å². The summed E-state index contributed by atoms with van der Waals surface area (Å²) in [7, 11) is 0. The molecule has 1 fully saturated rings. The molecule has 0 N–H and O–H groups in total. The molecule has 2 rings (SSSR count). The summed E-state index contributed by atoms with van der Waals surface area (Å²) in [4.78, 5) is 0. The summed E-state index contributed by atoms with van der Waals surface area (Å²) in [6.45, 7) is 9.45. The fourth-order valence-corrected chi connectivity index (χ4v) is 3.69. The third-order valence-electron chi connectivity index (χ3n) is 4.76. The molecule has 0 heterocycles. The minimum atomic E-state index is 0.494. The van der Waals surface area contributed by atoms with Gasteiger partial charge in [-0.05, 0) is 49.4 Å². The predicted octanol–water partition coefficient (Wildman–Crippen LogP) is 4.58. The van der Waals surface area contributed by atoms with E-state index in [-0.39, 0.29) is 0 Å². The van der Waals surface area contributed by atoms with Gasteiger partial charge in [-0.25, -0.2) is 0 Å². The van der Waals surface area contributed by atoms with E-state index in [0.29, 0.717) is 5.41 Å². The molecule has 0 aromatic heterocycles. The van der Waals surface area contributed by atoms with E-state index in [0.717, 1.165) is 17.8 Å². The quantitative estimate of drug-likeness (QED) is 0.586. The van der Waals surface area contributed by atoms with Crippen LogP contribution in [0.25, 0.3) is 0 Å². The monoisotopic (exact) mass is 204 g/mol. The number of hydrogen-bond acceptors (Lipinski definition) is 0. The molecule has 84 valence electrons. The van der Waals surface area contributed by atoms with Crippen LogP contribution in [0.1, 0.15) is 47.0 Å². The second kappa shape index (κ2) is 3.81. The Bertz CT molecular complexity index is 295. The van der Waals surface area contributed by atoms with Crippen LogP contribution in [-0.2, 0) is 0 Å². The normalized spacial score (nSPS) is 40.2. The SMILES string of the molecule is CC1=CC[C@]2(C=C1)[C@@H](C(C)C)CC[C@@H]2C. The fourth-order valence-electron chi connectivity index (χ4n) is 3.69. The molecule has 0 amide bonds. The van der Waals surface area contributed by atoms with Gasteiger partial charge >= 0.3 is 0 Å². The van der Waals surface area contributed by atoms with Gasteiger partial charge in [-0.1, -0.05) is 44.6 Å².